The minimum atomic E-state index is -1.06. The Labute approximate surface area is 79.7 Å². The number of halogens is 1. The van der Waals surface area contributed by atoms with Crippen LogP contribution in [0.5, 0.6) is 0 Å². The lowest BCUT2D eigenvalue weighted by Crippen LogP contribution is -2.24. The molecule has 0 aliphatic heterocycles. The summed E-state index contributed by atoms with van der Waals surface area (Å²) in [6.07, 6.45) is 5.86. The molecule has 1 aromatic rings. The zero-order chi connectivity index (χ0) is 10.6. The van der Waals surface area contributed by atoms with Crippen LogP contribution in [0.2, 0.25) is 0 Å². The molecular formula is C10H9FO3. The topological polar surface area (TPSA) is 39.4 Å². The maximum atomic E-state index is 11.6. The largest absolute Gasteiger partial charge is 0.463 e. The first-order valence-corrected chi connectivity index (χ1v) is 3.94. The van der Waals surface area contributed by atoms with Gasteiger partial charge in [0.2, 0.25) is 0 Å². The Kier molecular flexibility index (Phi) is 3.23. The van der Waals surface area contributed by atoms with E-state index in [1.165, 1.54) is 6.08 Å². The van der Waals surface area contributed by atoms with E-state index in [1.54, 1.807) is 19.1 Å². The SMILES string of the molecule is C=C/C=c1/occ(C(=O)OF)/c1=C/C. The number of rotatable bonds is 2. The van der Waals surface area contributed by atoms with Crippen LogP contribution in [-0.2, 0) is 4.94 Å². The second-order valence-electron chi connectivity index (χ2n) is 2.48. The van der Waals surface area contributed by atoms with Crippen molar-refractivity contribution in [1.82, 2.24) is 0 Å². The maximum absolute atomic E-state index is 11.6. The van der Waals surface area contributed by atoms with Gasteiger partial charge >= 0.3 is 5.97 Å². The molecule has 74 valence electrons. The van der Waals surface area contributed by atoms with E-state index in [9.17, 15) is 9.32 Å². The molecular weight excluding hydrogens is 187 g/mol. The van der Waals surface area contributed by atoms with Gasteiger partial charge in [0.1, 0.15) is 17.2 Å². The van der Waals surface area contributed by atoms with Crippen molar-refractivity contribution in [3.63, 3.8) is 0 Å². The van der Waals surface area contributed by atoms with E-state index < -0.39 is 5.97 Å². The smallest absolute Gasteiger partial charge is 0.383 e. The van der Waals surface area contributed by atoms with Crippen molar-refractivity contribution in [2.45, 2.75) is 6.92 Å². The standard InChI is InChI=1S/C10H9FO3/c1-3-5-9-7(4-2)8(6-13-9)10(12)14-11/h3-6H,1H2,2H3/b7-4-,9-5+. The molecule has 0 spiro atoms. The summed E-state index contributed by atoms with van der Waals surface area (Å²) in [5, 5.41) is 0.493. The fraction of sp³-hybridized carbons (Fsp3) is 0.100. The van der Waals surface area contributed by atoms with Crippen LogP contribution in [0.25, 0.3) is 12.2 Å². The van der Waals surface area contributed by atoms with Crippen molar-refractivity contribution >= 4 is 18.1 Å². The van der Waals surface area contributed by atoms with Crippen LogP contribution >= 0.6 is 0 Å². The molecule has 1 rings (SSSR count). The van der Waals surface area contributed by atoms with E-state index in [0.29, 0.717) is 10.6 Å². The fourth-order valence-electron chi connectivity index (χ4n) is 1.12. The normalized spacial score (nSPS) is 13.0. The first kappa shape index (κ1) is 10.2. The van der Waals surface area contributed by atoms with Gasteiger partial charge < -0.3 is 4.42 Å². The molecule has 0 unspecified atom stereocenters. The molecule has 0 atom stereocenters. The molecule has 3 nitrogen and oxygen atoms in total. The van der Waals surface area contributed by atoms with Gasteiger partial charge in [-0.2, -0.15) is 0 Å². The van der Waals surface area contributed by atoms with Crippen LogP contribution < -0.4 is 10.6 Å². The molecule has 0 aliphatic rings. The van der Waals surface area contributed by atoms with E-state index in [0.717, 1.165) is 6.26 Å². The van der Waals surface area contributed by atoms with Gasteiger partial charge in [-0.25, -0.2) is 9.74 Å². The summed E-state index contributed by atoms with van der Waals surface area (Å²) >= 11 is 0. The lowest BCUT2D eigenvalue weighted by Gasteiger charge is -1.86. The Morgan fingerprint density at radius 3 is 2.93 bits per heavy atom. The van der Waals surface area contributed by atoms with Crippen LogP contribution in [0.3, 0.4) is 0 Å². The zero-order valence-electron chi connectivity index (χ0n) is 7.62. The highest BCUT2D eigenvalue weighted by Crippen LogP contribution is 1.94. The monoisotopic (exact) mass is 196 g/mol. The molecule has 14 heavy (non-hydrogen) atoms. The summed E-state index contributed by atoms with van der Waals surface area (Å²) in [5.41, 5.74) is 0.506. The number of carbonyl (C=O) groups is 1. The molecule has 0 amide bonds. The predicted octanol–water partition coefficient (Wildman–Crippen LogP) is 1.09. The van der Waals surface area contributed by atoms with Crippen LogP contribution in [0.4, 0.5) is 4.53 Å². The van der Waals surface area contributed by atoms with E-state index >= 15 is 0 Å². The minimum Gasteiger partial charge on any atom is -0.463 e. The van der Waals surface area contributed by atoms with Crippen LogP contribution in [-0.4, -0.2) is 5.97 Å². The van der Waals surface area contributed by atoms with Gasteiger partial charge in [0.25, 0.3) is 0 Å². The van der Waals surface area contributed by atoms with Gasteiger partial charge in [0.15, 0.2) is 0 Å². The predicted molar refractivity (Wildman–Crippen MR) is 49.3 cm³/mol. The van der Waals surface area contributed by atoms with Gasteiger partial charge in [-0.3, -0.25) is 0 Å². The molecule has 1 aromatic heterocycles. The first-order valence-electron chi connectivity index (χ1n) is 3.94. The van der Waals surface area contributed by atoms with Crippen molar-refractivity contribution < 1.29 is 18.7 Å². The van der Waals surface area contributed by atoms with Crippen molar-refractivity contribution in [2.75, 3.05) is 0 Å². The molecule has 0 fully saturated rings. The lowest BCUT2D eigenvalue weighted by atomic mass is 10.2. The van der Waals surface area contributed by atoms with E-state index in [2.05, 4.69) is 11.5 Å². The Morgan fingerprint density at radius 2 is 2.43 bits per heavy atom. The molecule has 1 heterocycles. The van der Waals surface area contributed by atoms with Gasteiger partial charge in [-0.05, 0) is 13.0 Å². The third-order valence-electron chi connectivity index (χ3n) is 1.71. The number of carbonyl (C=O) groups excluding carboxylic acids is 1. The average molecular weight is 196 g/mol. The second kappa shape index (κ2) is 4.41. The van der Waals surface area contributed by atoms with Gasteiger partial charge in [-0.1, -0.05) is 18.7 Å². The summed E-state index contributed by atoms with van der Waals surface area (Å²) in [6, 6.07) is 0. The van der Waals surface area contributed by atoms with Crippen LogP contribution in [0, 0.1) is 0 Å². The highest BCUT2D eigenvalue weighted by Gasteiger charge is 2.12. The van der Waals surface area contributed by atoms with E-state index in [-0.39, 0.29) is 5.56 Å². The quantitative estimate of drug-likeness (QED) is 0.710. The Hall–Kier alpha value is -1.84. The van der Waals surface area contributed by atoms with Crippen LogP contribution in [0.1, 0.15) is 17.3 Å². The van der Waals surface area contributed by atoms with E-state index in [1.807, 2.05) is 0 Å². The first-order chi connectivity index (χ1) is 6.74. The van der Waals surface area contributed by atoms with Gasteiger partial charge in [0, 0.05) is 9.74 Å². The summed E-state index contributed by atoms with van der Waals surface area (Å²) in [4.78, 5) is 14.0. The van der Waals surface area contributed by atoms with Gasteiger partial charge in [0.05, 0.1) is 0 Å². The second-order valence-corrected chi connectivity index (χ2v) is 2.48. The third kappa shape index (κ3) is 1.74. The van der Waals surface area contributed by atoms with Crippen molar-refractivity contribution in [3.8, 4) is 0 Å². The summed E-state index contributed by atoms with van der Waals surface area (Å²) < 4.78 is 16.7. The lowest BCUT2D eigenvalue weighted by molar-refractivity contribution is -0.0789. The average Bonchev–Trinajstić information content (AvgIpc) is 2.60. The highest BCUT2D eigenvalue weighted by atomic mass is 19.3. The molecule has 0 saturated heterocycles. The molecule has 0 saturated carbocycles. The van der Waals surface area contributed by atoms with Crippen LogP contribution in [0.15, 0.2) is 23.3 Å². The number of hydrogen-bond acceptors (Lipinski definition) is 3. The van der Waals surface area contributed by atoms with E-state index in [4.69, 9.17) is 4.42 Å². The molecule has 0 aromatic carbocycles. The fourth-order valence-corrected chi connectivity index (χ4v) is 1.12. The Bertz CT molecular complexity index is 456. The summed E-state index contributed by atoms with van der Waals surface area (Å²) in [5.74, 6) is -1.06. The van der Waals surface area contributed by atoms with Crippen molar-refractivity contribution in [2.24, 2.45) is 0 Å². The number of furan rings is 1. The van der Waals surface area contributed by atoms with Crippen molar-refractivity contribution in [1.29, 1.82) is 0 Å². The summed E-state index contributed by atoms with van der Waals surface area (Å²) in [7, 11) is 0. The number of hydrogen-bond donors (Lipinski definition) is 0. The zero-order valence-corrected chi connectivity index (χ0v) is 7.62. The molecule has 0 radical (unpaired) electrons. The Balaban J connectivity index is 3.44. The molecule has 4 heteroatoms. The molecule has 0 aliphatic carbocycles. The third-order valence-corrected chi connectivity index (χ3v) is 1.71. The molecule has 0 bridgehead atoms. The van der Waals surface area contributed by atoms with Crippen molar-refractivity contribution in [3.05, 3.63) is 35.1 Å². The Morgan fingerprint density at radius 1 is 1.71 bits per heavy atom. The highest BCUT2D eigenvalue weighted by molar-refractivity contribution is 5.89. The summed E-state index contributed by atoms with van der Waals surface area (Å²) in [6.45, 7) is 5.19. The maximum Gasteiger partial charge on any atom is 0.383 e. The number of allylic oxidation sites excluding steroid dienone is 1. The minimum absolute atomic E-state index is 0.0584. The van der Waals surface area contributed by atoms with Gasteiger partial charge in [-0.15, -0.1) is 0 Å². The molecule has 0 N–H and O–H groups in total.